The van der Waals surface area contributed by atoms with E-state index in [0.717, 1.165) is 25.9 Å². The zero-order valence-corrected chi connectivity index (χ0v) is 9.80. The third kappa shape index (κ3) is 5.03. The number of primary amides is 1. The van der Waals surface area contributed by atoms with Crippen LogP contribution in [0.2, 0.25) is 0 Å². The molecule has 1 fully saturated rings. The first kappa shape index (κ1) is 13.0. The molecule has 0 bridgehead atoms. The first-order valence-electron chi connectivity index (χ1n) is 5.73. The molecule has 2 rings (SSSR count). The number of hydrogen-bond acceptors (Lipinski definition) is 2. The van der Waals surface area contributed by atoms with Crippen molar-refractivity contribution in [2.24, 2.45) is 5.73 Å². The smallest absolute Gasteiger partial charge is 0.314 e. The summed E-state index contributed by atoms with van der Waals surface area (Å²) in [5.41, 5.74) is 5.77. The molecule has 0 aliphatic carbocycles. The van der Waals surface area contributed by atoms with Crippen LogP contribution in [0.3, 0.4) is 0 Å². The largest absolute Gasteiger partial charge is 0.351 e. The number of rotatable bonds is 0. The Balaban J connectivity index is 0.000000171. The van der Waals surface area contributed by atoms with Gasteiger partial charge in [0.15, 0.2) is 0 Å². The average Bonchev–Trinajstić information content (AvgIpc) is 2.41. The molecule has 1 heterocycles. The molecule has 1 aliphatic rings. The standard InChI is InChI=1S/C7H5N.C6H12N2O/c8-6-7-4-2-1-3-5-7;7-6(9)8-4-2-1-3-5-8/h1-5H;1-5H2,(H2,7,9). The summed E-state index contributed by atoms with van der Waals surface area (Å²) in [6, 6.07) is 10.9. The van der Waals surface area contributed by atoms with Crippen molar-refractivity contribution >= 4 is 6.03 Å². The summed E-state index contributed by atoms with van der Waals surface area (Å²) in [7, 11) is 0. The van der Waals surface area contributed by atoms with Crippen molar-refractivity contribution in [3.63, 3.8) is 0 Å². The summed E-state index contributed by atoms with van der Waals surface area (Å²) >= 11 is 0. The van der Waals surface area contributed by atoms with Crippen molar-refractivity contribution in [3.05, 3.63) is 35.9 Å². The molecule has 2 amide bonds. The Morgan fingerprint density at radius 3 is 2.12 bits per heavy atom. The van der Waals surface area contributed by atoms with Gasteiger partial charge in [-0.1, -0.05) is 18.2 Å². The Morgan fingerprint density at radius 1 is 1.18 bits per heavy atom. The Hall–Kier alpha value is -2.02. The van der Waals surface area contributed by atoms with Crippen molar-refractivity contribution in [1.82, 2.24) is 4.90 Å². The number of amides is 2. The van der Waals surface area contributed by atoms with Crippen molar-refractivity contribution in [3.8, 4) is 6.07 Å². The van der Waals surface area contributed by atoms with Crippen molar-refractivity contribution in [2.45, 2.75) is 19.3 Å². The number of urea groups is 1. The van der Waals surface area contributed by atoms with Gasteiger partial charge >= 0.3 is 6.03 Å². The van der Waals surface area contributed by atoms with Gasteiger partial charge in [0.2, 0.25) is 0 Å². The quantitative estimate of drug-likeness (QED) is 0.742. The minimum atomic E-state index is -0.269. The lowest BCUT2D eigenvalue weighted by molar-refractivity contribution is 0.196. The SMILES string of the molecule is N#Cc1ccccc1.NC(=O)N1CCCCC1. The van der Waals surface area contributed by atoms with Crippen LogP contribution in [0.5, 0.6) is 0 Å². The second kappa shape index (κ2) is 7.29. The molecule has 1 aromatic rings. The Kier molecular flexibility index (Phi) is 5.59. The lowest BCUT2D eigenvalue weighted by Crippen LogP contribution is -2.39. The van der Waals surface area contributed by atoms with Gasteiger partial charge in [-0.15, -0.1) is 0 Å². The highest BCUT2D eigenvalue weighted by Gasteiger charge is 2.11. The van der Waals surface area contributed by atoms with Gasteiger partial charge in [0.05, 0.1) is 11.6 Å². The predicted molar refractivity (Wildman–Crippen MR) is 66.2 cm³/mol. The van der Waals surface area contributed by atoms with Crippen LogP contribution >= 0.6 is 0 Å². The normalized spacial score (nSPS) is 14.2. The first-order chi connectivity index (χ1) is 8.24. The number of piperidine rings is 1. The summed E-state index contributed by atoms with van der Waals surface area (Å²) in [6.45, 7) is 1.71. The molecule has 0 spiro atoms. The fourth-order valence-corrected chi connectivity index (χ4v) is 1.63. The molecule has 90 valence electrons. The van der Waals surface area contributed by atoms with Crippen LogP contribution in [0.25, 0.3) is 0 Å². The number of hydrogen-bond donors (Lipinski definition) is 1. The molecule has 2 N–H and O–H groups in total. The Morgan fingerprint density at radius 2 is 1.76 bits per heavy atom. The van der Waals surface area contributed by atoms with E-state index in [2.05, 4.69) is 0 Å². The van der Waals surface area contributed by atoms with Crippen LogP contribution in [0.15, 0.2) is 30.3 Å². The monoisotopic (exact) mass is 231 g/mol. The average molecular weight is 231 g/mol. The third-order valence-electron chi connectivity index (χ3n) is 2.57. The topological polar surface area (TPSA) is 70.1 Å². The van der Waals surface area contributed by atoms with Gasteiger partial charge in [0.1, 0.15) is 0 Å². The Labute approximate surface area is 102 Å². The van der Waals surface area contributed by atoms with Crippen LogP contribution in [0, 0.1) is 11.3 Å². The summed E-state index contributed by atoms with van der Waals surface area (Å²) in [5.74, 6) is 0. The summed E-state index contributed by atoms with van der Waals surface area (Å²) in [4.78, 5) is 12.2. The van der Waals surface area contributed by atoms with E-state index in [-0.39, 0.29) is 6.03 Å². The van der Waals surface area contributed by atoms with Gasteiger partial charge in [0, 0.05) is 13.1 Å². The zero-order valence-electron chi connectivity index (χ0n) is 9.80. The van der Waals surface area contributed by atoms with E-state index >= 15 is 0 Å². The number of carbonyl (C=O) groups excluding carboxylic acids is 1. The fraction of sp³-hybridized carbons (Fsp3) is 0.385. The summed E-state index contributed by atoms with van der Waals surface area (Å²) in [6.07, 6.45) is 3.47. The number of nitrogens with zero attached hydrogens (tertiary/aromatic N) is 2. The minimum absolute atomic E-state index is 0.269. The second-order valence-corrected chi connectivity index (χ2v) is 3.86. The van der Waals surface area contributed by atoms with E-state index in [9.17, 15) is 4.79 Å². The summed E-state index contributed by atoms with van der Waals surface area (Å²) < 4.78 is 0. The highest BCUT2D eigenvalue weighted by Crippen LogP contribution is 2.07. The molecule has 4 heteroatoms. The molecule has 1 aromatic carbocycles. The molecule has 4 nitrogen and oxygen atoms in total. The van der Waals surface area contributed by atoms with Gasteiger partial charge in [-0.2, -0.15) is 5.26 Å². The molecule has 0 saturated carbocycles. The molecule has 0 radical (unpaired) electrons. The second-order valence-electron chi connectivity index (χ2n) is 3.86. The number of likely N-dealkylation sites (tertiary alicyclic amines) is 1. The molecule has 17 heavy (non-hydrogen) atoms. The van der Waals surface area contributed by atoms with Gasteiger partial charge < -0.3 is 10.6 Å². The first-order valence-corrected chi connectivity index (χ1v) is 5.73. The molecule has 1 aliphatic heterocycles. The van der Waals surface area contributed by atoms with Gasteiger partial charge in [-0.05, 0) is 31.4 Å². The van der Waals surface area contributed by atoms with E-state index in [4.69, 9.17) is 11.0 Å². The van der Waals surface area contributed by atoms with Crippen LogP contribution < -0.4 is 5.73 Å². The molecule has 0 atom stereocenters. The molecular formula is C13H17N3O. The number of carbonyl (C=O) groups is 1. The van der Waals surface area contributed by atoms with Gasteiger partial charge in [0.25, 0.3) is 0 Å². The molecule has 1 saturated heterocycles. The van der Waals surface area contributed by atoms with Gasteiger partial charge in [-0.3, -0.25) is 0 Å². The van der Waals surface area contributed by atoms with E-state index in [1.807, 2.05) is 24.3 Å². The molecular weight excluding hydrogens is 214 g/mol. The lowest BCUT2D eigenvalue weighted by Gasteiger charge is -2.24. The zero-order chi connectivity index (χ0) is 12.5. The van der Waals surface area contributed by atoms with Crippen LogP contribution in [-0.2, 0) is 0 Å². The van der Waals surface area contributed by atoms with E-state index in [0.29, 0.717) is 5.56 Å². The highest BCUT2D eigenvalue weighted by molar-refractivity contribution is 5.71. The summed E-state index contributed by atoms with van der Waals surface area (Å²) in [5, 5.41) is 8.29. The maximum Gasteiger partial charge on any atom is 0.314 e. The maximum atomic E-state index is 10.5. The lowest BCUT2D eigenvalue weighted by atomic mass is 10.1. The van der Waals surface area contributed by atoms with Crippen molar-refractivity contribution in [1.29, 1.82) is 5.26 Å². The number of nitrogens with two attached hydrogens (primary N) is 1. The van der Waals surface area contributed by atoms with Crippen LogP contribution in [0.4, 0.5) is 4.79 Å². The number of benzene rings is 1. The van der Waals surface area contributed by atoms with Crippen molar-refractivity contribution in [2.75, 3.05) is 13.1 Å². The molecule has 0 unspecified atom stereocenters. The highest BCUT2D eigenvalue weighted by atomic mass is 16.2. The third-order valence-corrected chi connectivity index (χ3v) is 2.57. The van der Waals surface area contributed by atoms with E-state index in [1.54, 1.807) is 17.0 Å². The fourth-order valence-electron chi connectivity index (χ4n) is 1.63. The minimum Gasteiger partial charge on any atom is -0.351 e. The van der Waals surface area contributed by atoms with E-state index in [1.165, 1.54) is 6.42 Å². The van der Waals surface area contributed by atoms with Crippen LogP contribution in [-0.4, -0.2) is 24.0 Å². The van der Waals surface area contributed by atoms with Crippen molar-refractivity contribution < 1.29 is 4.79 Å². The van der Waals surface area contributed by atoms with Gasteiger partial charge in [-0.25, -0.2) is 4.79 Å². The molecule has 0 aromatic heterocycles. The van der Waals surface area contributed by atoms with E-state index < -0.39 is 0 Å². The maximum absolute atomic E-state index is 10.5. The van der Waals surface area contributed by atoms with Crippen LogP contribution in [0.1, 0.15) is 24.8 Å². The predicted octanol–water partition coefficient (Wildman–Crippen LogP) is 2.11. The Bertz CT molecular complexity index is 377. The number of nitriles is 1.